The highest BCUT2D eigenvalue weighted by atomic mass is 16.4. The first kappa shape index (κ1) is 15.6. The molecule has 17 heavy (non-hydrogen) atoms. The molecule has 0 bridgehead atoms. The van der Waals surface area contributed by atoms with Crippen LogP contribution >= 0.6 is 0 Å². The molecule has 0 heterocycles. The van der Waals surface area contributed by atoms with Crippen molar-refractivity contribution in [2.75, 3.05) is 14.1 Å². The fraction of sp³-hybridized carbons (Fsp3) is 0.231. The van der Waals surface area contributed by atoms with Gasteiger partial charge >= 0.3 is 7.12 Å². The second-order valence-corrected chi connectivity index (χ2v) is 3.48. The first-order chi connectivity index (χ1) is 8.11. The molecule has 0 fully saturated rings. The van der Waals surface area contributed by atoms with E-state index in [1.165, 1.54) is 17.6 Å². The molecule has 4 heteroatoms. The van der Waals surface area contributed by atoms with E-state index in [1.807, 2.05) is 14.1 Å². The van der Waals surface area contributed by atoms with Crippen LogP contribution in [0.2, 0.25) is 6.82 Å². The van der Waals surface area contributed by atoms with Gasteiger partial charge in [0.2, 0.25) is 0 Å². The molecule has 0 unspecified atom stereocenters. The summed E-state index contributed by atoms with van der Waals surface area (Å²) < 4.78 is 0. The predicted molar refractivity (Wildman–Crippen MR) is 75.0 cm³/mol. The van der Waals surface area contributed by atoms with Gasteiger partial charge in [0.1, 0.15) is 0 Å². The van der Waals surface area contributed by atoms with E-state index in [-0.39, 0.29) is 0 Å². The molecule has 0 aliphatic rings. The van der Waals surface area contributed by atoms with Gasteiger partial charge in [-0.3, -0.25) is 0 Å². The lowest BCUT2D eigenvalue weighted by molar-refractivity contribution is 0.417. The minimum atomic E-state index is -1.17. The van der Waals surface area contributed by atoms with Crippen LogP contribution in [0.5, 0.6) is 0 Å². The molecule has 0 spiro atoms. The highest BCUT2D eigenvalue weighted by Crippen LogP contribution is 2.11. The molecule has 0 aliphatic heterocycles. The van der Waals surface area contributed by atoms with E-state index in [0.717, 1.165) is 0 Å². The van der Waals surface area contributed by atoms with Crippen LogP contribution in [0.3, 0.4) is 0 Å². The molecular weight excluding hydrogens is 213 g/mol. The predicted octanol–water partition coefficient (Wildman–Crippen LogP) is 1.76. The van der Waals surface area contributed by atoms with Crippen molar-refractivity contribution in [2.24, 2.45) is 0 Å². The monoisotopic (exact) mass is 233 g/mol. The summed E-state index contributed by atoms with van der Waals surface area (Å²) in [6.07, 6.45) is 0. The van der Waals surface area contributed by atoms with E-state index < -0.39 is 7.12 Å². The fourth-order valence-electron chi connectivity index (χ4n) is 1.13. The second kappa shape index (κ2) is 9.84. The average molecular weight is 233 g/mol. The Morgan fingerprint density at radius 2 is 1.00 bits per heavy atom. The van der Waals surface area contributed by atoms with Crippen molar-refractivity contribution in [3.05, 3.63) is 48.5 Å². The molecule has 0 amide bonds. The first-order valence-corrected chi connectivity index (χ1v) is 5.50. The highest BCUT2D eigenvalue weighted by Gasteiger charge is 1.86. The normalized spacial score (nSPS) is 8.53. The van der Waals surface area contributed by atoms with Gasteiger partial charge in [0, 0.05) is 0 Å². The Morgan fingerprint density at radius 1 is 0.824 bits per heavy atom. The summed E-state index contributed by atoms with van der Waals surface area (Å²) in [5.41, 5.74) is 0. The van der Waals surface area contributed by atoms with Crippen molar-refractivity contribution in [2.45, 2.75) is 6.82 Å². The third-order valence-electron chi connectivity index (χ3n) is 1.66. The van der Waals surface area contributed by atoms with Crippen LogP contribution in [0, 0.1) is 0 Å². The van der Waals surface area contributed by atoms with Gasteiger partial charge < -0.3 is 15.4 Å². The number of hydrogen-bond acceptors (Lipinski definition) is 3. The van der Waals surface area contributed by atoms with Gasteiger partial charge in [-0.25, -0.2) is 0 Å². The van der Waals surface area contributed by atoms with E-state index in [1.54, 1.807) is 0 Å². The van der Waals surface area contributed by atoms with E-state index in [2.05, 4.69) is 53.8 Å². The van der Waals surface area contributed by atoms with Crippen molar-refractivity contribution in [3.8, 4) is 0 Å². The third kappa shape index (κ3) is 8.45. The highest BCUT2D eigenvalue weighted by molar-refractivity contribution is 6.38. The molecule has 2 aromatic carbocycles. The van der Waals surface area contributed by atoms with Gasteiger partial charge in [-0.05, 0) is 31.7 Å². The van der Waals surface area contributed by atoms with Gasteiger partial charge in [0.05, 0.1) is 0 Å². The van der Waals surface area contributed by atoms with Gasteiger partial charge in [0.25, 0.3) is 0 Å². The van der Waals surface area contributed by atoms with Gasteiger partial charge in [0.15, 0.2) is 0 Å². The summed E-state index contributed by atoms with van der Waals surface area (Å²) in [7, 11) is 2.58. The second-order valence-electron chi connectivity index (χ2n) is 3.48. The SMILES string of the molecule is CB(O)O.CNC.c1ccc2ccccc2c1. The summed E-state index contributed by atoms with van der Waals surface area (Å²) >= 11 is 0. The number of rotatable bonds is 0. The maximum atomic E-state index is 7.61. The molecule has 0 saturated heterocycles. The third-order valence-corrected chi connectivity index (χ3v) is 1.66. The number of hydrogen-bond donors (Lipinski definition) is 3. The molecule has 0 atom stereocenters. The number of benzene rings is 2. The molecule has 0 aliphatic carbocycles. The minimum Gasteiger partial charge on any atom is -0.427 e. The van der Waals surface area contributed by atoms with Crippen molar-refractivity contribution in [1.82, 2.24) is 5.32 Å². The Morgan fingerprint density at radius 3 is 1.18 bits per heavy atom. The average Bonchev–Trinajstić information content (AvgIpc) is 2.29. The smallest absolute Gasteiger partial charge is 0.427 e. The Bertz CT molecular complexity index is 339. The van der Waals surface area contributed by atoms with E-state index in [0.29, 0.717) is 0 Å². The quantitative estimate of drug-likeness (QED) is 0.608. The van der Waals surface area contributed by atoms with Gasteiger partial charge in [-0.1, -0.05) is 48.5 Å². The molecule has 3 N–H and O–H groups in total. The molecule has 0 aromatic heterocycles. The zero-order valence-electron chi connectivity index (χ0n) is 10.6. The maximum Gasteiger partial charge on any atom is 0.448 e. The van der Waals surface area contributed by atoms with Crippen LogP contribution in [-0.4, -0.2) is 31.3 Å². The Balaban J connectivity index is 0.000000311. The topological polar surface area (TPSA) is 52.5 Å². The molecule has 0 radical (unpaired) electrons. The van der Waals surface area contributed by atoms with Crippen molar-refractivity contribution in [1.29, 1.82) is 0 Å². The van der Waals surface area contributed by atoms with Crippen LogP contribution in [0.15, 0.2) is 48.5 Å². The minimum absolute atomic E-state index is 1.17. The van der Waals surface area contributed by atoms with Crippen LogP contribution in [-0.2, 0) is 0 Å². The molecule has 3 nitrogen and oxygen atoms in total. The summed E-state index contributed by atoms with van der Waals surface area (Å²) in [6.45, 7) is 1.28. The lowest BCUT2D eigenvalue weighted by atomic mass is 9.99. The van der Waals surface area contributed by atoms with E-state index in [9.17, 15) is 0 Å². The zero-order chi connectivity index (χ0) is 13.1. The fourth-order valence-corrected chi connectivity index (χ4v) is 1.13. The largest absolute Gasteiger partial charge is 0.448 e. The van der Waals surface area contributed by atoms with E-state index >= 15 is 0 Å². The summed E-state index contributed by atoms with van der Waals surface area (Å²) in [5.74, 6) is 0. The lowest BCUT2D eigenvalue weighted by Gasteiger charge is -1.92. The van der Waals surface area contributed by atoms with Gasteiger partial charge in [-0.15, -0.1) is 0 Å². The molecule has 2 rings (SSSR count). The standard InChI is InChI=1S/C10H8.C2H7N.CH5BO2/c1-2-6-10-8-4-3-7-9(10)5-1;1-3-2;1-2(3)4/h1-8H;3H,1-2H3;3-4H,1H3. The van der Waals surface area contributed by atoms with Crippen LogP contribution in [0.1, 0.15) is 0 Å². The van der Waals surface area contributed by atoms with Crippen molar-refractivity contribution in [3.63, 3.8) is 0 Å². The van der Waals surface area contributed by atoms with E-state index in [4.69, 9.17) is 10.0 Å². The lowest BCUT2D eigenvalue weighted by Crippen LogP contribution is -2.00. The summed E-state index contributed by atoms with van der Waals surface area (Å²) in [6, 6.07) is 16.7. The Hall–Kier alpha value is -1.36. The number of nitrogens with one attached hydrogen (secondary N) is 1. The molecular formula is C13H20BNO2. The Kier molecular flexibility index (Phi) is 9.06. The van der Waals surface area contributed by atoms with Gasteiger partial charge in [-0.2, -0.15) is 0 Å². The Labute approximate surface area is 103 Å². The molecule has 2 aromatic rings. The van der Waals surface area contributed by atoms with Crippen LogP contribution in [0.25, 0.3) is 10.8 Å². The van der Waals surface area contributed by atoms with Crippen molar-refractivity contribution >= 4 is 17.9 Å². The van der Waals surface area contributed by atoms with Crippen molar-refractivity contribution < 1.29 is 10.0 Å². The van der Waals surface area contributed by atoms with Crippen LogP contribution in [0.4, 0.5) is 0 Å². The first-order valence-electron chi connectivity index (χ1n) is 5.50. The zero-order valence-corrected chi connectivity index (χ0v) is 10.6. The van der Waals surface area contributed by atoms with Crippen LogP contribution < -0.4 is 5.32 Å². The molecule has 0 saturated carbocycles. The maximum absolute atomic E-state index is 7.61. The number of fused-ring (bicyclic) bond motifs is 1. The molecule has 92 valence electrons. The summed E-state index contributed by atoms with van der Waals surface area (Å²) in [5, 5.41) is 20.6. The summed E-state index contributed by atoms with van der Waals surface area (Å²) in [4.78, 5) is 0.